The number of halogens is 1. The van der Waals surface area contributed by atoms with Gasteiger partial charge in [-0.1, -0.05) is 11.6 Å². The maximum Gasteiger partial charge on any atom is 0.255 e. The molecule has 158 valence electrons. The van der Waals surface area contributed by atoms with Crippen molar-refractivity contribution in [2.45, 2.75) is 58.1 Å². The third-order valence-electron chi connectivity index (χ3n) is 3.74. The Morgan fingerprint density at radius 1 is 1.10 bits per heavy atom. The first-order valence-corrected chi connectivity index (χ1v) is 11.1. The van der Waals surface area contributed by atoms with Crippen LogP contribution in [0.1, 0.15) is 50.5 Å². The van der Waals surface area contributed by atoms with E-state index in [1.807, 2.05) is 26.8 Å². The number of hydrogen-bond acceptors (Lipinski definition) is 4. The van der Waals surface area contributed by atoms with Gasteiger partial charge in [-0.2, -0.15) is 0 Å². The van der Waals surface area contributed by atoms with Gasteiger partial charge in [0.15, 0.2) is 0 Å². The minimum atomic E-state index is -3.88. The van der Waals surface area contributed by atoms with Gasteiger partial charge in [0.1, 0.15) is 10.6 Å². The Kier molecular flexibility index (Phi) is 6.98. The number of nitrogens with one attached hydrogen (secondary N) is 2. The second-order valence-corrected chi connectivity index (χ2v) is 10.2. The third-order valence-corrected chi connectivity index (χ3v) is 5.98. The molecule has 6 nitrogen and oxygen atoms in total. The van der Waals surface area contributed by atoms with Crippen LogP contribution < -0.4 is 14.8 Å². The van der Waals surface area contributed by atoms with Crippen LogP contribution in [0, 0.1) is 6.92 Å². The van der Waals surface area contributed by atoms with Crippen LogP contribution in [0.15, 0.2) is 41.3 Å². The number of carbonyl (C=O) groups excluding carboxylic acids is 1. The van der Waals surface area contributed by atoms with Crippen LogP contribution in [-0.4, -0.2) is 26.0 Å². The van der Waals surface area contributed by atoms with Crippen LogP contribution in [-0.2, 0) is 10.0 Å². The average molecular weight is 439 g/mol. The molecule has 0 atom stereocenters. The SMILES string of the molecule is Cc1cc(OC(C)C)ccc1NC(=O)c1ccc(Cl)c(S(=O)(=O)NC(C)(C)C)c1. The summed E-state index contributed by atoms with van der Waals surface area (Å²) in [6, 6.07) is 9.52. The zero-order chi connectivity index (χ0) is 22.0. The minimum Gasteiger partial charge on any atom is -0.491 e. The van der Waals surface area contributed by atoms with Gasteiger partial charge in [0.2, 0.25) is 10.0 Å². The van der Waals surface area contributed by atoms with Gasteiger partial charge in [-0.05, 0) is 83.5 Å². The van der Waals surface area contributed by atoms with E-state index in [4.69, 9.17) is 16.3 Å². The molecule has 0 unspecified atom stereocenters. The molecule has 2 aromatic rings. The molecule has 0 fully saturated rings. The van der Waals surface area contributed by atoms with E-state index in [1.54, 1.807) is 32.9 Å². The van der Waals surface area contributed by atoms with Gasteiger partial charge < -0.3 is 10.1 Å². The molecule has 0 bridgehead atoms. The van der Waals surface area contributed by atoms with E-state index >= 15 is 0 Å². The fourth-order valence-electron chi connectivity index (χ4n) is 2.62. The molecule has 2 aromatic carbocycles. The van der Waals surface area contributed by atoms with Crippen LogP contribution >= 0.6 is 11.6 Å². The first-order valence-electron chi connectivity index (χ1n) is 9.21. The average Bonchev–Trinajstić information content (AvgIpc) is 2.54. The van der Waals surface area contributed by atoms with E-state index < -0.39 is 21.5 Å². The van der Waals surface area contributed by atoms with E-state index in [9.17, 15) is 13.2 Å². The van der Waals surface area contributed by atoms with E-state index in [0.29, 0.717) is 11.4 Å². The molecule has 0 spiro atoms. The largest absolute Gasteiger partial charge is 0.491 e. The van der Waals surface area contributed by atoms with E-state index in [2.05, 4.69) is 10.0 Å². The van der Waals surface area contributed by atoms with Crippen LogP contribution in [0.3, 0.4) is 0 Å². The Bertz CT molecular complexity index is 1010. The number of ether oxygens (including phenoxy) is 1. The Morgan fingerprint density at radius 3 is 2.31 bits per heavy atom. The van der Waals surface area contributed by atoms with Gasteiger partial charge in [0, 0.05) is 16.8 Å². The van der Waals surface area contributed by atoms with Crippen molar-refractivity contribution in [3.63, 3.8) is 0 Å². The number of carbonyl (C=O) groups is 1. The number of anilines is 1. The molecule has 0 aliphatic rings. The van der Waals surface area contributed by atoms with Crippen molar-refractivity contribution >= 4 is 33.2 Å². The predicted octanol–water partition coefficient (Wildman–Crippen LogP) is 4.76. The molecule has 0 aliphatic heterocycles. The summed E-state index contributed by atoms with van der Waals surface area (Å²) in [5.74, 6) is 0.276. The molecular formula is C21H27ClN2O4S. The zero-order valence-corrected chi connectivity index (χ0v) is 19.0. The lowest BCUT2D eigenvalue weighted by Gasteiger charge is -2.21. The highest BCUT2D eigenvalue weighted by atomic mass is 35.5. The highest BCUT2D eigenvalue weighted by molar-refractivity contribution is 7.89. The van der Waals surface area contributed by atoms with Crippen LogP contribution in [0.5, 0.6) is 5.75 Å². The molecule has 29 heavy (non-hydrogen) atoms. The number of hydrogen-bond donors (Lipinski definition) is 2. The molecule has 0 heterocycles. The number of benzene rings is 2. The molecule has 2 N–H and O–H groups in total. The lowest BCUT2D eigenvalue weighted by molar-refractivity contribution is 0.102. The molecular weight excluding hydrogens is 412 g/mol. The van der Waals surface area contributed by atoms with E-state index in [1.165, 1.54) is 18.2 Å². The quantitative estimate of drug-likeness (QED) is 0.680. The molecule has 0 radical (unpaired) electrons. The fraction of sp³-hybridized carbons (Fsp3) is 0.381. The summed E-state index contributed by atoms with van der Waals surface area (Å²) in [4.78, 5) is 12.6. The molecule has 2 rings (SSSR count). The lowest BCUT2D eigenvalue weighted by Crippen LogP contribution is -2.40. The Balaban J connectivity index is 2.29. The minimum absolute atomic E-state index is 0.0460. The highest BCUT2D eigenvalue weighted by Crippen LogP contribution is 2.26. The van der Waals surface area contributed by atoms with Crippen molar-refractivity contribution in [3.05, 3.63) is 52.5 Å². The summed E-state index contributed by atoms with van der Waals surface area (Å²) in [7, 11) is -3.88. The van der Waals surface area contributed by atoms with Gasteiger partial charge in [-0.3, -0.25) is 4.79 Å². The summed E-state index contributed by atoms with van der Waals surface area (Å²) in [6.07, 6.45) is 0.0472. The van der Waals surface area contributed by atoms with E-state index in [0.717, 1.165) is 5.56 Å². The second-order valence-electron chi connectivity index (χ2n) is 8.10. The lowest BCUT2D eigenvalue weighted by atomic mass is 10.1. The smallest absolute Gasteiger partial charge is 0.255 e. The topological polar surface area (TPSA) is 84.5 Å². The number of sulfonamides is 1. The predicted molar refractivity (Wildman–Crippen MR) is 116 cm³/mol. The molecule has 0 aromatic heterocycles. The Labute approximate surface area is 177 Å². The first kappa shape index (κ1) is 23.2. The number of rotatable bonds is 6. The summed E-state index contributed by atoms with van der Waals surface area (Å²) < 4.78 is 33.5. The van der Waals surface area contributed by atoms with Crippen molar-refractivity contribution in [1.29, 1.82) is 0 Å². The summed E-state index contributed by atoms with van der Waals surface area (Å²) in [5.41, 5.74) is 0.939. The monoisotopic (exact) mass is 438 g/mol. The molecule has 0 saturated heterocycles. The molecule has 0 saturated carbocycles. The van der Waals surface area contributed by atoms with Crippen molar-refractivity contribution < 1.29 is 17.9 Å². The van der Waals surface area contributed by atoms with Crippen LogP contribution in [0.4, 0.5) is 5.69 Å². The zero-order valence-electron chi connectivity index (χ0n) is 17.5. The Morgan fingerprint density at radius 2 is 1.76 bits per heavy atom. The number of aryl methyl sites for hydroxylation is 1. The van der Waals surface area contributed by atoms with Crippen molar-refractivity contribution in [1.82, 2.24) is 4.72 Å². The van der Waals surface area contributed by atoms with Crippen molar-refractivity contribution in [2.24, 2.45) is 0 Å². The first-order chi connectivity index (χ1) is 13.3. The standard InChI is InChI=1S/C21H27ClN2O4S/c1-13(2)28-16-8-10-18(14(3)11-16)23-20(25)15-7-9-17(22)19(12-15)29(26,27)24-21(4,5)6/h7-13,24H,1-6H3,(H,23,25). The van der Waals surface area contributed by atoms with Crippen LogP contribution in [0.25, 0.3) is 0 Å². The highest BCUT2D eigenvalue weighted by Gasteiger charge is 2.25. The molecule has 1 amide bonds. The summed E-state index contributed by atoms with van der Waals surface area (Å²) in [6.45, 7) is 10.9. The van der Waals surface area contributed by atoms with Gasteiger partial charge in [0.25, 0.3) is 5.91 Å². The summed E-state index contributed by atoms with van der Waals surface area (Å²) in [5, 5.41) is 2.85. The molecule has 0 aliphatic carbocycles. The van der Waals surface area contributed by atoms with Crippen LogP contribution in [0.2, 0.25) is 5.02 Å². The van der Waals surface area contributed by atoms with Gasteiger partial charge in [-0.25, -0.2) is 13.1 Å². The van der Waals surface area contributed by atoms with E-state index in [-0.39, 0.29) is 21.6 Å². The van der Waals surface area contributed by atoms with Crippen molar-refractivity contribution in [3.8, 4) is 5.75 Å². The fourth-order valence-corrected chi connectivity index (χ4v) is 4.57. The molecule has 8 heteroatoms. The van der Waals surface area contributed by atoms with Gasteiger partial charge in [-0.15, -0.1) is 0 Å². The summed E-state index contributed by atoms with van der Waals surface area (Å²) >= 11 is 6.09. The van der Waals surface area contributed by atoms with Gasteiger partial charge >= 0.3 is 0 Å². The Hall–Kier alpha value is -2.09. The van der Waals surface area contributed by atoms with Gasteiger partial charge in [0.05, 0.1) is 11.1 Å². The second kappa shape index (κ2) is 8.73. The maximum atomic E-state index is 12.7. The van der Waals surface area contributed by atoms with Crippen molar-refractivity contribution in [2.75, 3.05) is 5.32 Å². The normalized spacial score (nSPS) is 12.1. The number of amides is 1. The maximum absolute atomic E-state index is 12.7. The third kappa shape index (κ3) is 6.45.